The molecule has 0 aliphatic rings. The van der Waals surface area contributed by atoms with E-state index >= 15 is 0 Å². The highest BCUT2D eigenvalue weighted by atomic mass is 32.1. The van der Waals surface area contributed by atoms with Crippen LogP contribution >= 0.6 is 11.3 Å². The normalized spacial score (nSPS) is 9.33. The van der Waals surface area contributed by atoms with Gasteiger partial charge in [0.25, 0.3) is 5.91 Å². The summed E-state index contributed by atoms with van der Waals surface area (Å²) in [6.07, 6.45) is -1.25. The van der Waals surface area contributed by atoms with Crippen molar-refractivity contribution in [3.8, 4) is 0 Å². The van der Waals surface area contributed by atoms with E-state index in [0.29, 0.717) is 0 Å². The van der Waals surface area contributed by atoms with Gasteiger partial charge in [-0.3, -0.25) is 10.1 Å². The fourth-order valence-corrected chi connectivity index (χ4v) is 1.28. The van der Waals surface area contributed by atoms with Crippen molar-refractivity contribution in [2.75, 3.05) is 5.32 Å². The van der Waals surface area contributed by atoms with Gasteiger partial charge in [0.1, 0.15) is 5.00 Å². The Hall–Kier alpha value is -1.63. The van der Waals surface area contributed by atoms with Crippen molar-refractivity contribution in [2.24, 2.45) is 5.73 Å². The molecule has 6 nitrogen and oxygen atoms in total. The van der Waals surface area contributed by atoms with Gasteiger partial charge >= 0.3 is 6.09 Å². The van der Waals surface area contributed by atoms with Crippen LogP contribution in [0.5, 0.6) is 0 Å². The van der Waals surface area contributed by atoms with Crippen LogP contribution in [0.15, 0.2) is 5.51 Å². The number of hydrogen-bond acceptors (Lipinski definition) is 4. The summed E-state index contributed by atoms with van der Waals surface area (Å²) < 4.78 is 0. The minimum atomic E-state index is -1.25. The molecule has 0 aromatic carbocycles. The van der Waals surface area contributed by atoms with Crippen molar-refractivity contribution in [3.05, 3.63) is 11.2 Å². The van der Waals surface area contributed by atoms with Gasteiger partial charge in [-0.1, -0.05) is 0 Å². The quantitative estimate of drug-likeness (QED) is 0.620. The zero-order chi connectivity index (χ0) is 9.14. The molecule has 2 amide bonds. The first-order valence-electron chi connectivity index (χ1n) is 2.84. The number of nitrogens with two attached hydrogens (primary N) is 1. The third-order valence-corrected chi connectivity index (χ3v) is 1.76. The second-order valence-electron chi connectivity index (χ2n) is 1.82. The van der Waals surface area contributed by atoms with Crippen LogP contribution in [0.3, 0.4) is 0 Å². The van der Waals surface area contributed by atoms with Crippen LogP contribution in [0.2, 0.25) is 0 Å². The van der Waals surface area contributed by atoms with Crippen LogP contribution in [0.25, 0.3) is 0 Å². The van der Waals surface area contributed by atoms with Crippen molar-refractivity contribution < 1.29 is 14.7 Å². The SMILES string of the molecule is NC(=O)c1ncsc1NC(=O)O. The van der Waals surface area contributed by atoms with E-state index in [-0.39, 0.29) is 10.7 Å². The Labute approximate surface area is 71.0 Å². The molecule has 4 N–H and O–H groups in total. The topological polar surface area (TPSA) is 105 Å². The molecule has 0 fully saturated rings. The molecule has 0 atom stereocenters. The number of aromatic nitrogens is 1. The lowest BCUT2D eigenvalue weighted by molar-refractivity contribution is 0.0997. The molecule has 1 aromatic heterocycles. The summed E-state index contributed by atoms with van der Waals surface area (Å²) in [5.74, 6) is -0.750. The first kappa shape index (κ1) is 8.47. The molecule has 0 aliphatic heterocycles. The molecule has 0 unspecified atom stereocenters. The Morgan fingerprint density at radius 2 is 2.33 bits per heavy atom. The highest BCUT2D eigenvalue weighted by molar-refractivity contribution is 7.14. The maximum atomic E-state index is 10.6. The minimum Gasteiger partial charge on any atom is -0.465 e. The van der Waals surface area contributed by atoms with Gasteiger partial charge in [-0.2, -0.15) is 0 Å². The van der Waals surface area contributed by atoms with Crippen molar-refractivity contribution in [1.82, 2.24) is 4.98 Å². The molecule has 0 bridgehead atoms. The van der Waals surface area contributed by atoms with Crippen LogP contribution in [0, 0.1) is 0 Å². The standard InChI is InChI=1S/C5H5N3O3S/c6-3(9)2-4(8-5(10)11)12-1-7-2/h1,8H,(H2,6,9)(H,10,11). The Kier molecular flexibility index (Phi) is 2.24. The van der Waals surface area contributed by atoms with Crippen LogP contribution in [0.4, 0.5) is 9.80 Å². The fraction of sp³-hybridized carbons (Fsp3) is 0. The van der Waals surface area contributed by atoms with Gasteiger partial charge in [0.2, 0.25) is 0 Å². The number of carbonyl (C=O) groups is 2. The molecular formula is C5H5N3O3S. The second-order valence-corrected chi connectivity index (χ2v) is 2.68. The number of anilines is 1. The molecule has 0 saturated heterocycles. The number of hydrogen-bond donors (Lipinski definition) is 3. The van der Waals surface area contributed by atoms with E-state index in [4.69, 9.17) is 10.8 Å². The molecule has 0 spiro atoms. The van der Waals surface area contributed by atoms with E-state index in [0.717, 1.165) is 11.3 Å². The highest BCUT2D eigenvalue weighted by Gasteiger charge is 2.12. The predicted molar refractivity (Wildman–Crippen MR) is 42.3 cm³/mol. The number of carbonyl (C=O) groups excluding carboxylic acids is 1. The van der Waals surface area contributed by atoms with Crippen LogP contribution < -0.4 is 11.1 Å². The number of rotatable bonds is 2. The van der Waals surface area contributed by atoms with Gasteiger partial charge in [0.15, 0.2) is 5.69 Å². The molecule has 0 radical (unpaired) electrons. The molecular weight excluding hydrogens is 182 g/mol. The predicted octanol–water partition coefficient (Wildman–Crippen LogP) is 0.332. The largest absolute Gasteiger partial charge is 0.465 e. The highest BCUT2D eigenvalue weighted by Crippen LogP contribution is 2.18. The zero-order valence-corrected chi connectivity index (χ0v) is 6.59. The van der Waals surface area contributed by atoms with Crippen LogP contribution in [-0.4, -0.2) is 22.1 Å². The summed E-state index contributed by atoms with van der Waals surface area (Å²) in [5, 5.41) is 10.5. The summed E-state index contributed by atoms with van der Waals surface area (Å²) in [7, 11) is 0. The molecule has 12 heavy (non-hydrogen) atoms. The van der Waals surface area contributed by atoms with Crippen molar-refractivity contribution >= 4 is 28.3 Å². The van der Waals surface area contributed by atoms with E-state index in [1.807, 2.05) is 5.32 Å². The van der Waals surface area contributed by atoms with Gasteiger partial charge in [0.05, 0.1) is 5.51 Å². The number of carboxylic acid groups (broad SMARTS) is 1. The summed E-state index contributed by atoms with van der Waals surface area (Å²) in [5.41, 5.74) is 6.19. The Morgan fingerprint density at radius 3 is 2.83 bits per heavy atom. The molecule has 1 aromatic rings. The molecule has 0 saturated carbocycles. The lowest BCUT2D eigenvalue weighted by Crippen LogP contribution is -2.15. The maximum absolute atomic E-state index is 10.6. The molecule has 64 valence electrons. The Balaban J connectivity index is 2.91. The monoisotopic (exact) mass is 187 g/mol. The molecule has 0 aliphatic carbocycles. The summed E-state index contributed by atoms with van der Waals surface area (Å²) >= 11 is 1.00. The average Bonchev–Trinajstić information content (AvgIpc) is 2.33. The van der Waals surface area contributed by atoms with Gasteiger partial charge in [-0.25, -0.2) is 9.78 Å². The van der Waals surface area contributed by atoms with E-state index in [1.165, 1.54) is 5.51 Å². The van der Waals surface area contributed by atoms with Crippen molar-refractivity contribution in [1.29, 1.82) is 0 Å². The van der Waals surface area contributed by atoms with Crippen molar-refractivity contribution in [3.63, 3.8) is 0 Å². The lowest BCUT2D eigenvalue weighted by atomic mass is 10.4. The lowest BCUT2D eigenvalue weighted by Gasteiger charge is -1.96. The maximum Gasteiger partial charge on any atom is 0.409 e. The van der Waals surface area contributed by atoms with E-state index < -0.39 is 12.0 Å². The van der Waals surface area contributed by atoms with Gasteiger partial charge < -0.3 is 10.8 Å². The summed E-state index contributed by atoms with van der Waals surface area (Å²) in [6, 6.07) is 0. The molecule has 7 heteroatoms. The minimum absolute atomic E-state index is 0.0533. The number of amides is 2. The third kappa shape index (κ3) is 1.70. The van der Waals surface area contributed by atoms with Gasteiger partial charge in [-0.15, -0.1) is 11.3 Å². The average molecular weight is 187 g/mol. The number of thiazole rings is 1. The smallest absolute Gasteiger partial charge is 0.409 e. The second kappa shape index (κ2) is 3.18. The van der Waals surface area contributed by atoms with Crippen molar-refractivity contribution in [2.45, 2.75) is 0 Å². The van der Waals surface area contributed by atoms with Gasteiger partial charge in [0, 0.05) is 0 Å². The fourth-order valence-electron chi connectivity index (χ4n) is 0.608. The van der Waals surface area contributed by atoms with Crippen LogP contribution in [-0.2, 0) is 0 Å². The third-order valence-electron chi connectivity index (χ3n) is 1.02. The van der Waals surface area contributed by atoms with Crippen LogP contribution in [0.1, 0.15) is 10.5 Å². The summed E-state index contributed by atoms with van der Waals surface area (Å²) in [4.78, 5) is 24.3. The molecule has 1 heterocycles. The molecule has 1 rings (SSSR count). The number of nitrogens with one attached hydrogen (secondary N) is 1. The number of nitrogens with zero attached hydrogens (tertiary/aromatic N) is 1. The van der Waals surface area contributed by atoms with E-state index in [2.05, 4.69) is 4.98 Å². The first-order chi connectivity index (χ1) is 5.61. The van der Waals surface area contributed by atoms with E-state index in [1.54, 1.807) is 0 Å². The Morgan fingerprint density at radius 1 is 1.67 bits per heavy atom. The zero-order valence-electron chi connectivity index (χ0n) is 5.77. The first-order valence-corrected chi connectivity index (χ1v) is 3.72. The summed E-state index contributed by atoms with van der Waals surface area (Å²) in [6.45, 7) is 0. The van der Waals surface area contributed by atoms with Gasteiger partial charge in [-0.05, 0) is 0 Å². The van der Waals surface area contributed by atoms with E-state index in [9.17, 15) is 9.59 Å². The Bertz CT molecular complexity index is 321. The number of primary amides is 1.